The predicted molar refractivity (Wildman–Crippen MR) is 117 cm³/mol. The highest BCUT2D eigenvalue weighted by Gasteiger charge is 2.58. The molecular formula is C25H29ClO5. The van der Waals surface area contributed by atoms with Gasteiger partial charge < -0.3 is 24.8 Å². The molecular weight excluding hydrogens is 416 g/mol. The molecule has 0 bridgehead atoms. The Bertz CT molecular complexity index is 984. The van der Waals surface area contributed by atoms with Gasteiger partial charge in [0, 0.05) is 21.9 Å². The van der Waals surface area contributed by atoms with Gasteiger partial charge in [-0.3, -0.25) is 0 Å². The molecule has 166 valence electrons. The number of benzene rings is 2. The molecule has 1 spiro atoms. The van der Waals surface area contributed by atoms with Crippen LogP contribution in [0.15, 0.2) is 36.4 Å². The third kappa shape index (κ3) is 3.10. The van der Waals surface area contributed by atoms with Gasteiger partial charge in [0.05, 0.1) is 25.4 Å². The molecule has 2 aromatic carbocycles. The van der Waals surface area contributed by atoms with Crippen LogP contribution in [0.1, 0.15) is 54.5 Å². The van der Waals surface area contributed by atoms with E-state index in [1.165, 1.54) is 11.1 Å². The van der Waals surface area contributed by atoms with Crippen LogP contribution in [0, 0.1) is 5.92 Å². The zero-order valence-corrected chi connectivity index (χ0v) is 18.6. The van der Waals surface area contributed by atoms with Crippen LogP contribution in [0.5, 0.6) is 0 Å². The Morgan fingerprint density at radius 3 is 2.42 bits per heavy atom. The number of fused-ring (bicyclic) bond motifs is 2. The quantitative estimate of drug-likeness (QED) is 0.673. The standard InChI is InChI=1S/C25H29ClO5/c1-3-15-4-6-17(7-5-15)24(8-9-24)19-11-18-16(10-20(19)26)13-30-25(18)23(29)22(28)14(2)21(12-27)31-25/h4-7,10-11,14,21-23,27-29H,3,8-9,12-13H2,1-2H3/t14-,21-,22+,23-,25+/m1/s1. The molecule has 0 unspecified atom stereocenters. The highest BCUT2D eigenvalue weighted by Crippen LogP contribution is 2.57. The van der Waals surface area contributed by atoms with Crippen LogP contribution < -0.4 is 0 Å². The zero-order chi connectivity index (χ0) is 22.0. The molecule has 31 heavy (non-hydrogen) atoms. The Balaban J connectivity index is 1.59. The van der Waals surface area contributed by atoms with Gasteiger partial charge >= 0.3 is 0 Å². The Hall–Kier alpha value is -1.47. The molecule has 0 amide bonds. The first-order valence-electron chi connectivity index (χ1n) is 11.1. The van der Waals surface area contributed by atoms with Crippen molar-refractivity contribution in [3.63, 3.8) is 0 Å². The summed E-state index contributed by atoms with van der Waals surface area (Å²) in [5.74, 6) is -1.92. The van der Waals surface area contributed by atoms with Gasteiger partial charge in [0.2, 0.25) is 5.79 Å². The van der Waals surface area contributed by atoms with Gasteiger partial charge in [-0.05, 0) is 53.6 Å². The molecule has 0 radical (unpaired) electrons. The first-order chi connectivity index (χ1) is 14.9. The molecule has 5 nitrogen and oxygen atoms in total. The molecule has 1 aliphatic carbocycles. The van der Waals surface area contributed by atoms with Crippen molar-refractivity contribution >= 4 is 11.6 Å². The van der Waals surface area contributed by atoms with E-state index in [9.17, 15) is 15.3 Å². The van der Waals surface area contributed by atoms with E-state index in [0.717, 1.165) is 30.4 Å². The molecule has 3 aliphatic rings. The van der Waals surface area contributed by atoms with Crippen LogP contribution in [-0.4, -0.2) is 40.2 Å². The molecule has 1 saturated carbocycles. The van der Waals surface area contributed by atoms with E-state index in [1.807, 2.05) is 12.1 Å². The number of aliphatic hydroxyl groups is 3. The van der Waals surface area contributed by atoms with Crippen molar-refractivity contribution in [2.24, 2.45) is 5.92 Å². The topological polar surface area (TPSA) is 79.2 Å². The molecule has 5 atom stereocenters. The summed E-state index contributed by atoms with van der Waals surface area (Å²) < 4.78 is 12.1. The SMILES string of the molecule is CCc1ccc(C2(c3cc4c(cc3Cl)CO[C@]43O[C@H](CO)[C@@H](C)[C@H](O)[C@H]3O)CC2)cc1. The Morgan fingerprint density at radius 2 is 1.81 bits per heavy atom. The van der Waals surface area contributed by atoms with Crippen molar-refractivity contribution in [2.45, 2.75) is 69.2 Å². The number of ether oxygens (including phenoxy) is 2. The van der Waals surface area contributed by atoms with E-state index >= 15 is 0 Å². The molecule has 2 heterocycles. The van der Waals surface area contributed by atoms with Crippen LogP contribution in [0.3, 0.4) is 0 Å². The summed E-state index contributed by atoms with van der Waals surface area (Å²) in [7, 11) is 0. The Morgan fingerprint density at radius 1 is 1.10 bits per heavy atom. The number of hydrogen-bond acceptors (Lipinski definition) is 5. The summed E-state index contributed by atoms with van der Waals surface area (Å²) in [6.07, 6.45) is 0.00157. The predicted octanol–water partition coefficient (Wildman–Crippen LogP) is 3.41. The number of rotatable bonds is 4. The van der Waals surface area contributed by atoms with Crippen LogP contribution in [0.25, 0.3) is 0 Å². The second-order valence-corrected chi connectivity index (χ2v) is 9.62. The summed E-state index contributed by atoms with van der Waals surface area (Å²) in [5.41, 5.74) is 4.88. The minimum Gasteiger partial charge on any atom is -0.394 e. The van der Waals surface area contributed by atoms with Crippen LogP contribution in [0.2, 0.25) is 5.02 Å². The number of aryl methyl sites for hydroxylation is 1. The minimum atomic E-state index is -1.50. The third-order valence-corrected chi connectivity index (χ3v) is 7.85. The summed E-state index contributed by atoms with van der Waals surface area (Å²) >= 11 is 6.76. The van der Waals surface area contributed by atoms with Crippen LogP contribution in [-0.2, 0) is 33.7 Å². The van der Waals surface area contributed by atoms with E-state index in [-0.39, 0.29) is 18.6 Å². The number of aliphatic hydroxyl groups excluding tert-OH is 3. The molecule has 5 rings (SSSR count). The van der Waals surface area contributed by atoms with Gasteiger partial charge in [0.1, 0.15) is 6.10 Å². The molecule has 0 aromatic heterocycles. The normalized spacial score (nSPS) is 33.5. The van der Waals surface area contributed by atoms with Gasteiger partial charge in [-0.15, -0.1) is 0 Å². The molecule has 2 fully saturated rings. The highest BCUT2D eigenvalue weighted by molar-refractivity contribution is 6.31. The fraction of sp³-hybridized carbons (Fsp3) is 0.520. The zero-order valence-electron chi connectivity index (χ0n) is 17.8. The van der Waals surface area contributed by atoms with E-state index in [1.54, 1.807) is 6.92 Å². The average Bonchev–Trinajstić information content (AvgIpc) is 3.52. The number of hydrogen-bond donors (Lipinski definition) is 3. The van der Waals surface area contributed by atoms with Gasteiger partial charge in [0.15, 0.2) is 0 Å². The summed E-state index contributed by atoms with van der Waals surface area (Å²) in [5, 5.41) is 32.1. The van der Waals surface area contributed by atoms with Crippen molar-refractivity contribution in [3.05, 3.63) is 69.2 Å². The van der Waals surface area contributed by atoms with E-state index in [0.29, 0.717) is 10.6 Å². The van der Waals surface area contributed by atoms with Crippen molar-refractivity contribution in [1.29, 1.82) is 0 Å². The van der Waals surface area contributed by atoms with Gasteiger partial charge in [-0.25, -0.2) is 0 Å². The monoisotopic (exact) mass is 444 g/mol. The van der Waals surface area contributed by atoms with Gasteiger partial charge in [0.25, 0.3) is 0 Å². The lowest BCUT2D eigenvalue weighted by atomic mass is 9.80. The fourth-order valence-electron chi connectivity index (χ4n) is 5.27. The minimum absolute atomic E-state index is 0.163. The lowest BCUT2D eigenvalue weighted by Crippen LogP contribution is -2.60. The molecule has 2 aliphatic heterocycles. The largest absolute Gasteiger partial charge is 0.394 e. The fourth-order valence-corrected chi connectivity index (χ4v) is 5.63. The van der Waals surface area contributed by atoms with E-state index in [2.05, 4.69) is 31.2 Å². The lowest BCUT2D eigenvalue weighted by Gasteiger charge is -2.47. The summed E-state index contributed by atoms with van der Waals surface area (Å²) in [4.78, 5) is 0. The highest BCUT2D eigenvalue weighted by atomic mass is 35.5. The maximum Gasteiger partial charge on any atom is 0.225 e. The summed E-state index contributed by atoms with van der Waals surface area (Å²) in [6, 6.07) is 12.6. The Labute approximate surface area is 187 Å². The molecule has 2 aromatic rings. The van der Waals surface area contributed by atoms with Gasteiger partial charge in [-0.1, -0.05) is 49.7 Å². The molecule has 3 N–H and O–H groups in total. The summed E-state index contributed by atoms with van der Waals surface area (Å²) in [6.45, 7) is 3.86. The molecule has 1 saturated heterocycles. The van der Waals surface area contributed by atoms with E-state index < -0.39 is 30.0 Å². The average molecular weight is 445 g/mol. The van der Waals surface area contributed by atoms with Crippen LogP contribution in [0.4, 0.5) is 0 Å². The number of halogens is 1. The van der Waals surface area contributed by atoms with Crippen molar-refractivity contribution in [1.82, 2.24) is 0 Å². The smallest absolute Gasteiger partial charge is 0.225 e. The first-order valence-corrected chi connectivity index (χ1v) is 11.5. The van der Waals surface area contributed by atoms with Gasteiger partial charge in [-0.2, -0.15) is 0 Å². The van der Waals surface area contributed by atoms with E-state index in [4.69, 9.17) is 21.1 Å². The molecule has 6 heteroatoms. The van der Waals surface area contributed by atoms with Crippen molar-refractivity contribution in [2.75, 3.05) is 6.61 Å². The maximum atomic E-state index is 11.0. The second-order valence-electron chi connectivity index (χ2n) is 9.21. The first kappa shape index (κ1) is 21.4. The van der Waals surface area contributed by atoms with Crippen molar-refractivity contribution in [3.8, 4) is 0 Å². The second kappa shape index (κ2) is 7.55. The lowest BCUT2D eigenvalue weighted by molar-refractivity contribution is -0.360. The van der Waals surface area contributed by atoms with Crippen molar-refractivity contribution < 1.29 is 24.8 Å². The van der Waals surface area contributed by atoms with Crippen LogP contribution >= 0.6 is 11.6 Å². The maximum absolute atomic E-state index is 11.0. The Kier molecular flexibility index (Phi) is 5.20. The third-order valence-electron chi connectivity index (χ3n) is 7.54.